The van der Waals surface area contributed by atoms with Gasteiger partial charge in [-0.05, 0) is 55.2 Å². The van der Waals surface area contributed by atoms with Crippen LogP contribution in [0.4, 0.5) is 0 Å². The number of nitrogens with zero attached hydrogens (tertiary/aromatic N) is 3. The van der Waals surface area contributed by atoms with Crippen LogP contribution in [-0.2, 0) is 14.4 Å². The minimum atomic E-state index is -1.08. The van der Waals surface area contributed by atoms with Crippen LogP contribution in [-0.4, -0.2) is 65.0 Å². The molecular formula is C24H25N3O7S. The fourth-order valence-corrected chi connectivity index (χ4v) is 4.31. The van der Waals surface area contributed by atoms with E-state index >= 15 is 0 Å². The van der Waals surface area contributed by atoms with Crippen LogP contribution in [0.1, 0.15) is 41.5 Å². The van der Waals surface area contributed by atoms with E-state index in [0.29, 0.717) is 31.9 Å². The number of oxime groups is 1. The van der Waals surface area contributed by atoms with Crippen molar-refractivity contribution < 1.29 is 28.9 Å². The van der Waals surface area contributed by atoms with Crippen LogP contribution >= 0.6 is 11.8 Å². The minimum Gasteiger partial charge on any atom is -0.379 e. The Bertz CT molecular complexity index is 1140. The number of hydrogen-bond acceptors (Lipinski definition) is 10. The summed E-state index contributed by atoms with van der Waals surface area (Å²) < 4.78 is 5.39. The van der Waals surface area contributed by atoms with Crippen molar-refractivity contribution in [2.45, 2.75) is 36.1 Å². The minimum absolute atomic E-state index is 0.0308. The zero-order valence-electron chi connectivity index (χ0n) is 19.6. The van der Waals surface area contributed by atoms with Crippen molar-refractivity contribution in [2.24, 2.45) is 5.16 Å². The molecule has 10 nitrogen and oxygen atoms in total. The van der Waals surface area contributed by atoms with Crippen molar-refractivity contribution in [3.05, 3.63) is 69.8 Å². The van der Waals surface area contributed by atoms with E-state index in [-0.39, 0.29) is 11.3 Å². The van der Waals surface area contributed by atoms with E-state index in [4.69, 9.17) is 4.74 Å². The van der Waals surface area contributed by atoms with Crippen molar-refractivity contribution in [3.63, 3.8) is 0 Å². The molecule has 11 heteroatoms. The Kier molecular flexibility index (Phi) is 8.49. The summed E-state index contributed by atoms with van der Waals surface area (Å²) in [5, 5.41) is 14.1. The normalized spacial score (nSPS) is 14.9. The predicted octanol–water partition coefficient (Wildman–Crippen LogP) is 3.47. The summed E-state index contributed by atoms with van der Waals surface area (Å²) in [7, 11) is 0. The molecule has 2 aromatic rings. The number of carbonyl (C=O) groups excluding carboxylic acids is 3. The Morgan fingerprint density at radius 2 is 1.51 bits per heavy atom. The summed E-state index contributed by atoms with van der Waals surface area (Å²) in [5.41, 5.74) is 0.0109. The van der Waals surface area contributed by atoms with Crippen molar-refractivity contribution in [1.82, 2.24) is 4.90 Å². The molecular weight excluding hydrogens is 474 g/mol. The van der Waals surface area contributed by atoms with Gasteiger partial charge in [-0.3, -0.25) is 14.5 Å². The lowest BCUT2D eigenvalue weighted by Gasteiger charge is -2.39. The fourth-order valence-electron chi connectivity index (χ4n) is 3.50. The number of ketones is 2. The molecule has 1 heterocycles. The topological polar surface area (TPSA) is 128 Å². The van der Waals surface area contributed by atoms with E-state index in [1.165, 1.54) is 23.9 Å². The van der Waals surface area contributed by atoms with Gasteiger partial charge in [-0.25, -0.2) is 9.63 Å². The van der Waals surface area contributed by atoms with Crippen LogP contribution in [0, 0.1) is 10.1 Å². The summed E-state index contributed by atoms with van der Waals surface area (Å²) in [6, 6.07) is 13.4. The monoisotopic (exact) mass is 499 g/mol. The zero-order chi connectivity index (χ0) is 25.6. The van der Waals surface area contributed by atoms with E-state index in [1.807, 2.05) is 26.0 Å². The second kappa shape index (κ2) is 11.3. The molecule has 0 bridgehead atoms. The molecule has 2 aromatic carbocycles. The maximum absolute atomic E-state index is 13.1. The van der Waals surface area contributed by atoms with Gasteiger partial charge in [0.25, 0.3) is 5.78 Å². The average Bonchev–Trinajstić information content (AvgIpc) is 2.84. The largest absolute Gasteiger partial charge is 0.458 e. The van der Waals surface area contributed by atoms with Crippen LogP contribution in [0.2, 0.25) is 0 Å². The molecule has 0 unspecified atom stereocenters. The number of nitro groups is 1. The third-order valence-electron chi connectivity index (χ3n) is 5.46. The molecule has 0 N–H and O–H groups in total. The highest BCUT2D eigenvalue weighted by Gasteiger charge is 2.35. The smallest absolute Gasteiger partial charge is 0.379 e. The second-order valence-electron chi connectivity index (χ2n) is 8.22. The molecule has 0 radical (unpaired) electrons. The molecule has 1 aliphatic heterocycles. The summed E-state index contributed by atoms with van der Waals surface area (Å²) in [6.07, 6.45) is 0. The van der Waals surface area contributed by atoms with Gasteiger partial charge in [-0.2, -0.15) is 0 Å². The van der Waals surface area contributed by atoms with Crippen LogP contribution in [0.5, 0.6) is 0 Å². The molecule has 0 atom stereocenters. The molecule has 0 saturated carbocycles. The number of rotatable bonds is 8. The number of hydrogen-bond donors (Lipinski definition) is 0. The SMILES string of the molecule is CC(=O)O/N=C(/C(=O)c1ccc(Sc2ccc(C(=O)C(C)(C)N3CCOCC3)cc2)cc1)[N+](=O)[O-]. The van der Waals surface area contributed by atoms with E-state index < -0.39 is 28.1 Å². The first kappa shape index (κ1) is 26.2. The van der Waals surface area contributed by atoms with Crippen molar-refractivity contribution in [2.75, 3.05) is 26.3 Å². The molecule has 1 saturated heterocycles. The lowest BCUT2D eigenvalue weighted by atomic mass is 9.91. The second-order valence-corrected chi connectivity index (χ2v) is 9.37. The van der Waals surface area contributed by atoms with Crippen molar-refractivity contribution in [3.8, 4) is 0 Å². The molecule has 35 heavy (non-hydrogen) atoms. The van der Waals surface area contributed by atoms with Crippen LogP contribution in [0.15, 0.2) is 63.5 Å². The number of carbonyl (C=O) groups is 3. The highest BCUT2D eigenvalue weighted by atomic mass is 32.2. The Morgan fingerprint density at radius 3 is 2.00 bits per heavy atom. The first-order valence-electron chi connectivity index (χ1n) is 10.8. The molecule has 184 valence electrons. The van der Waals surface area contributed by atoms with Gasteiger partial charge >= 0.3 is 11.8 Å². The summed E-state index contributed by atoms with van der Waals surface area (Å²) in [5.74, 6) is -2.89. The Hall–Kier alpha value is -3.41. The van der Waals surface area contributed by atoms with Crippen molar-refractivity contribution in [1.29, 1.82) is 0 Å². The van der Waals surface area contributed by atoms with Gasteiger partial charge in [0.1, 0.15) is 0 Å². The average molecular weight is 500 g/mol. The maximum Gasteiger partial charge on any atom is 0.458 e. The van der Waals surface area contributed by atoms with E-state index in [1.54, 1.807) is 24.3 Å². The molecule has 0 aliphatic carbocycles. The summed E-state index contributed by atoms with van der Waals surface area (Å²) in [6.45, 7) is 7.52. The summed E-state index contributed by atoms with van der Waals surface area (Å²) >= 11 is 1.41. The van der Waals surface area contributed by atoms with E-state index in [2.05, 4.69) is 14.9 Å². The lowest BCUT2D eigenvalue weighted by Crippen LogP contribution is -2.54. The number of Topliss-reactive ketones (excluding diaryl/α,β-unsaturated/α-hetero) is 2. The lowest BCUT2D eigenvalue weighted by molar-refractivity contribution is -0.349. The Balaban J connectivity index is 1.67. The highest BCUT2D eigenvalue weighted by Crippen LogP contribution is 2.29. The number of ether oxygens (including phenoxy) is 1. The van der Waals surface area contributed by atoms with E-state index in [9.17, 15) is 24.5 Å². The van der Waals surface area contributed by atoms with E-state index in [0.717, 1.165) is 16.7 Å². The predicted molar refractivity (Wildman–Crippen MR) is 128 cm³/mol. The molecule has 0 aromatic heterocycles. The zero-order valence-corrected chi connectivity index (χ0v) is 20.4. The third-order valence-corrected chi connectivity index (χ3v) is 6.48. The highest BCUT2D eigenvalue weighted by molar-refractivity contribution is 7.99. The standard InChI is InChI=1S/C24H25N3O7S/c1-16(28)34-25-23(27(31)32)21(29)17-4-8-19(9-5-17)35-20-10-6-18(7-11-20)22(30)24(2,3)26-12-14-33-15-13-26/h4-11H,12-15H2,1-3H3/b25-23-. The van der Waals surface area contributed by atoms with Crippen LogP contribution in [0.25, 0.3) is 0 Å². The molecule has 1 fully saturated rings. The Labute approximate surface area is 206 Å². The third kappa shape index (κ3) is 6.59. The molecule has 1 aliphatic rings. The summed E-state index contributed by atoms with van der Waals surface area (Å²) in [4.78, 5) is 54.4. The van der Waals surface area contributed by atoms with Crippen LogP contribution < -0.4 is 0 Å². The Morgan fingerprint density at radius 1 is 1.00 bits per heavy atom. The molecule has 0 amide bonds. The molecule has 0 spiro atoms. The van der Waals surface area contributed by atoms with Gasteiger partial charge in [0.15, 0.2) is 10.9 Å². The van der Waals surface area contributed by atoms with Crippen LogP contribution in [0.3, 0.4) is 0 Å². The number of morpholine rings is 1. The molecule has 3 rings (SSSR count). The maximum atomic E-state index is 13.1. The first-order valence-corrected chi connectivity index (χ1v) is 11.6. The quantitative estimate of drug-likeness (QED) is 0.134. The first-order chi connectivity index (χ1) is 16.6. The van der Waals surface area contributed by atoms with Crippen molar-refractivity contribution >= 4 is 35.1 Å². The fraction of sp³-hybridized carbons (Fsp3) is 0.333. The van der Waals surface area contributed by atoms with Gasteiger partial charge in [0, 0.05) is 40.9 Å². The van der Waals surface area contributed by atoms with Gasteiger partial charge < -0.3 is 14.9 Å². The van der Waals surface area contributed by atoms with Gasteiger partial charge in [0.2, 0.25) is 0 Å². The number of amidine groups is 1. The number of benzene rings is 2. The van der Waals surface area contributed by atoms with Gasteiger partial charge in [-0.1, -0.05) is 23.9 Å². The van der Waals surface area contributed by atoms with Gasteiger partial charge in [0.05, 0.1) is 18.8 Å². The van der Waals surface area contributed by atoms with Gasteiger partial charge in [-0.15, -0.1) is 0 Å².